The average Bonchev–Trinajstić information content (AvgIpc) is 2.39. The summed E-state index contributed by atoms with van der Waals surface area (Å²) in [6.07, 6.45) is -6.04. The Morgan fingerprint density at radius 3 is 1.91 bits per heavy atom. The van der Waals surface area contributed by atoms with Crippen molar-refractivity contribution in [3.8, 4) is 0 Å². The number of nitrogens with one attached hydrogen (secondary N) is 1. The Morgan fingerprint density at radius 2 is 1.50 bits per heavy atom. The van der Waals surface area contributed by atoms with E-state index in [1.165, 1.54) is 0 Å². The van der Waals surface area contributed by atoms with Gasteiger partial charge in [-0.3, -0.25) is 4.79 Å². The Labute approximate surface area is 131 Å². The van der Waals surface area contributed by atoms with Crippen LogP contribution in [-0.4, -0.2) is 73.4 Å². The highest BCUT2D eigenvalue weighted by Crippen LogP contribution is 2.34. The average molecular weight is 319 g/mol. The van der Waals surface area contributed by atoms with E-state index in [0.29, 0.717) is 12.8 Å². The van der Waals surface area contributed by atoms with Crippen LogP contribution in [0.15, 0.2) is 0 Å². The highest BCUT2D eigenvalue weighted by molar-refractivity contribution is 5.86. The quantitative estimate of drug-likeness (QED) is 0.353. The highest BCUT2D eigenvalue weighted by atomic mass is 16.4. The highest BCUT2D eigenvalue weighted by Gasteiger charge is 2.44. The molecular weight excluding hydrogens is 290 g/mol. The first-order chi connectivity index (χ1) is 9.90. The summed E-state index contributed by atoms with van der Waals surface area (Å²) in [5.74, 6) is -1.02. The third-order valence-electron chi connectivity index (χ3n) is 4.14. The molecule has 0 unspecified atom stereocenters. The molecule has 7 heteroatoms. The van der Waals surface area contributed by atoms with Gasteiger partial charge in [0.15, 0.2) is 5.78 Å². The van der Waals surface area contributed by atoms with Crippen molar-refractivity contribution in [2.75, 3.05) is 6.61 Å². The van der Waals surface area contributed by atoms with Gasteiger partial charge in [0.2, 0.25) is 0 Å². The first-order valence-corrected chi connectivity index (χ1v) is 7.56. The molecule has 1 rings (SSSR count). The molecule has 22 heavy (non-hydrogen) atoms. The van der Waals surface area contributed by atoms with Gasteiger partial charge in [-0.1, -0.05) is 0 Å². The van der Waals surface area contributed by atoms with E-state index in [2.05, 4.69) is 5.32 Å². The van der Waals surface area contributed by atoms with E-state index in [0.717, 1.165) is 0 Å². The van der Waals surface area contributed by atoms with Gasteiger partial charge in [-0.2, -0.15) is 0 Å². The number of hydrogen-bond donors (Lipinski definition) is 6. The van der Waals surface area contributed by atoms with Crippen LogP contribution in [0.3, 0.4) is 0 Å². The van der Waals surface area contributed by atoms with Crippen molar-refractivity contribution in [3.05, 3.63) is 0 Å². The number of aliphatic hydroxyl groups excluding tert-OH is 5. The second-order valence-electron chi connectivity index (χ2n) is 7.58. The Balaban J connectivity index is 2.81. The molecule has 0 aromatic carbocycles. The van der Waals surface area contributed by atoms with E-state index in [1.54, 1.807) is 0 Å². The van der Waals surface area contributed by atoms with Crippen LogP contribution >= 0.6 is 0 Å². The molecule has 0 spiro atoms. The van der Waals surface area contributed by atoms with Gasteiger partial charge < -0.3 is 30.8 Å². The van der Waals surface area contributed by atoms with Gasteiger partial charge in [-0.25, -0.2) is 0 Å². The van der Waals surface area contributed by atoms with Crippen LogP contribution in [-0.2, 0) is 4.79 Å². The van der Waals surface area contributed by atoms with E-state index in [-0.39, 0.29) is 11.1 Å². The minimum atomic E-state index is -1.84. The number of ketones is 1. The van der Waals surface area contributed by atoms with E-state index < -0.39 is 42.7 Å². The topological polar surface area (TPSA) is 130 Å². The van der Waals surface area contributed by atoms with E-state index in [1.807, 2.05) is 27.7 Å². The molecule has 1 aliphatic heterocycles. The molecule has 1 saturated heterocycles. The van der Waals surface area contributed by atoms with E-state index in [9.17, 15) is 25.2 Å². The third kappa shape index (κ3) is 4.71. The van der Waals surface area contributed by atoms with Gasteiger partial charge in [0.1, 0.15) is 24.4 Å². The molecule has 0 aromatic rings. The zero-order valence-electron chi connectivity index (χ0n) is 13.7. The maximum Gasteiger partial charge on any atom is 0.167 e. The minimum absolute atomic E-state index is 0.296. The summed E-state index contributed by atoms with van der Waals surface area (Å²) in [6, 6.07) is 0. The molecule has 0 radical (unpaired) electrons. The van der Waals surface area contributed by atoms with Crippen molar-refractivity contribution < 1.29 is 30.3 Å². The fourth-order valence-corrected chi connectivity index (χ4v) is 3.46. The molecule has 0 bridgehead atoms. The molecule has 0 amide bonds. The number of rotatable bonds is 6. The molecule has 0 aliphatic carbocycles. The van der Waals surface area contributed by atoms with Gasteiger partial charge in [-0.15, -0.1) is 0 Å². The fourth-order valence-electron chi connectivity index (χ4n) is 3.46. The maximum absolute atomic E-state index is 12.4. The van der Waals surface area contributed by atoms with Crippen LogP contribution in [0.25, 0.3) is 0 Å². The second kappa shape index (κ2) is 6.90. The number of Topliss-reactive ketones (excluding diaryl/α,β-unsaturated/α-hetero) is 1. The first kappa shape index (κ1) is 19.5. The molecule has 1 heterocycles. The summed E-state index contributed by atoms with van der Waals surface area (Å²) < 4.78 is 0. The monoisotopic (exact) mass is 319 g/mol. The van der Waals surface area contributed by atoms with Crippen LogP contribution < -0.4 is 5.32 Å². The lowest BCUT2D eigenvalue weighted by Crippen LogP contribution is -2.60. The zero-order valence-corrected chi connectivity index (χ0v) is 13.7. The molecule has 1 fully saturated rings. The van der Waals surface area contributed by atoms with Gasteiger partial charge >= 0.3 is 0 Å². The summed E-state index contributed by atoms with van der Waals surface area (Å²) in [6.45, 7) is 7.07. The first-order valence-electron chi connectivity index (χ1n) is 7.56. The van der Waals surface area contributed by atoms with Crippen molar-refractivity contribution in [2.24, 2.45) is 5.92 Å². The Morgan fingerprint density at radius 1 is 1.05 bits per heavy atom. The van der Waals surface area contributed by atoms with Crippen molar-refractivity contribution in [1.82, 2.24) is 5.32 Å². The van der Waals surface area contributed by atoms with E-state index >= 15 is 0 Å². The largest absolute Gasteiger partial charge is 0.394 e. The van der Waals surface area contributed by atoms with Crippen LogP contribution in [0.2, 0.25) is 0 Å². The predicted octanol–water partition coefficient (Wildman–Crippen LogP) is -1.45. The van der Waals surface area contributed by atoms with Crippen molar-refractivity contribution in [2.45, 2.75) is 76.0 Å². The number of piperidine rings is 1. The fraction of sp³-hybridized carbons (Fsp3) is 0.933. The van der Waals surface area contributed by atoms with Crippen LogP contribution in [0.4, 0.5) is 0 Å². The standard InChI is InChI=1S/C15H29NO6/c1-14(2)5-8(6-15(3,4)16-14)10(19)12(21)13(22)11(20)9(18)7-17/h8-9,11-13,16-18,20-22H,5-7H2,1-4H3/t9-,11-,12+,13+/m1/s1. The Bertz CT molecular complexity index is 381. The maximum atomic E-state index is 12.4. The number of carbonyl (C=O) groups excluding carboxylic acids is 1. The lowest BCUT2D eigenvalue weighted by Gasteiger charge is -2.46. The smallest absolute Gasteiger partial charge is 0.167 e. The second-order valence-corrected chi connectivity index (χ2v) is 7.58. The molecule has 0 aromatic heterocycles. The predicted molar refractivity (Wildman–Crippen MR) is 80.1 cm³/mol. The van der Waals surface area contributed by atoms with Crippen LogP contribution in [0.5, 0.6) is 0 Å². The van der Waals surface area contributed by atoms with Crippen molar-refractivity contribution >= 4 is 5.78 Å². The summed E-state index contributed by atoms with van der Waals surface area (Å²) >= 11 is 0. The van der Waals surface area contributed by atoms with E-state index in [4.69, 9.17) is 5.11 Å². The van der Waals surface area contributed by atoms with Crippen molar-refractivity contribution in [3.63, 3.8) is 0 Å². The molecule has 4 atom stereocenters. The van der Waals surface area contributed by atoms with Gasteiger partial charge in [0.25, 0.3) is 0 Å². The summed E-state index contributed by atoms with van der Waals surface area (Å²) in [7, 11) is 0. The summed E-state index contributed by atoms with van der Waals surface area (Å²) in [4.78, 5) is 12.4. The molecule has 1 aliphatic rings. The van der Waals surface area contributed by atoms with Gasteiger partial charge in [0, 0.05) is 17.0 Å². The van der Waals surface area contributed by atoms with Gasteiger partial charge in [0.05, 0.1) is 6.61 Å². The molecular formula is C15H29NO6. The normalized spacial score (nSPS) is 27.0. The summed E-state index contributed by atoms with van der Waals surface area (Å²) in [5, 5.41) is 51.0. The van der Waals surface area contributed by atoms with Crippen molar-refractivity contribution in [1.29, 1.82) is 0 Å². The number of carbonyl (C=O) groups is 1. The number of aliphatic hydroxyl groups is 5. The van der Waals surface area contributed by atoms with Crippen LogP contribution in [0, 0.1) is 5.92 Å². The third-order valence-corrected chi connectivity index (χ3v) is 4.14. The number of hydrogen-bond acceptors (Lipinski definition) is 7. The SMILES string of the molecule is CC1(C)CC(C(=O)[C@H](O)[C@@H](O)[C@H](O)[C@H](O)CO)CC(C)(C)N1. The van der Waals surface area contributed by atoms with Crippen LogP contribution in [0.1, 0.15) is 40.5 Å². The minimum Gasteiger partial charge on any atom is -0.394 e. The summed E-state index contributed by atoms with van der Waals surface area (Å²) in [5.41, 5.74) is -0.591. The Kier molecular flexibility index (Phi) is 6.11. The lowest BCUT2D eigenvalue weighted by molar-refractivity contribution is -0.152. The molecule has 130 valence electrons. The molecule has 7 nitrogen and oxygen atoms in total. The molecule has 6 N–H and O–H groups in total. The Hall–Kier alpha value is -0.570. The molecule has 0 saturated carbocycles. The lowest BCUT2D eigenvalue weighted by atomic mass is 9.73. The zero-order chi connectivity index (χ0) is 17.3. The van der Waals surface area contributed by atoms with Gasteiger partial charge in [-0.05, 0) is 40.5 Å².